The molecule has 6 heteroatoms. The van der Waals surface area contributed by atoms with Crippen molar-refractivity contribution in [2.24, 2.45) is 5.73 Å². The molecule has 15 heavy (non-hydrogen) atoms. The maximum absolute atomic E-state index is 6.02. The molecular formula is C9H13N5S. The van der Waals surface area contributed by atoms with Crippen molar-refractivity contribution in [2.45, 2.75) is 25.9 Å². The second-order valence-corrected chi connectivity index (χ2v) is 3.93. The van der Waals surface area contributed by atoms with Crippen molar-refractivity contribution in [2.75, 3.05) is 0 Å². The van der Waals surface area contributed by atoms with Gasteiger partial charge in [0.25, 0.3) is 0 Å². The number of hydrogen-bond donors (Lipinski definition) is 1. The minimum absolute atomic E-state index is 0.0919. The lowest BCUT2D eigenvalue weighted by Crippen LogP contribution is -2.17. The third kappa shape index (κ3) is 2.21. The van der Waals surface area contributed by atoms with E-state index >= 15 is 0 Å². The molecule has 0 aliphatic heterocycles. The van der Waals surface area contributed by atoms with Gasteiger partial charge in [0.1, 0.15) is 12.2 Å². The van der Waals surface area contributed by atoms with E-state index in [-0.39, 0.29) is 6.04 Å². The predicted octanol–water partition coefficient (Wildman–Crippen LogP) is 0.997. The summed E-state index contributed by atoms with van der Waals surface area (Å²) in [5.74, 6) is 0.915. The molecule has 2 heterocycles. The van der Waals surface area contributed by atoms with Crippen LogP contribution in [0.3, 0.4) is 0 Å². The monoisotopic (exact) mass is 223 g/mol. The first-order valence-corrected chi connectivity index (χ1v) is 5.76. The van der Waals surface area contributed by atoms with E-state index in [4.69, 9.17) is 5.73 Å². The van der Waals surface area contributed by atoms with Gasteiger partial charge in [-0.15, -0.1) is 11.3 Å². The zero-order valence-corrected chi connectivity index (χ0v) is 9.31. The lowest BCUT2D eigenvalue weighted by Gasteiger charge is -2.08. The molecule has 0 aliphatic rings. The van der Waals surface area contributed by atoms with Crippen molar-refractivity contribution in [3.8, 4) is 0 Å². The Morgan fingerprint density at radius 2 is 2.40 bits per heavy atom. The van der Waals surface area contributed by atoms with Crippen molar-refractivity contribution < 1.29 is 0 Å². The highest BCUT2D eigenvalue weighted by Crippen LogP contribution is 2.14. The normalized spacial score (nSPS) is 12.9. The zero-order valence-electron chi connectivity index (χ0n) is 8.50. The second kappa shape index (κ2) is 4.50. The van der Waals surface area contributed by atoms with Gasteiger partial charge >= 0.3 is 0 Å². The highest BCUT2D eigenvalue weighted by molar-refractivity contribution is 7.07. The van der Waals surface area contributed by atoms with Crippen molar-refractivity contribution in [3.63, 3.8) is 0 Å². The minimum atomic E-state index is -0.0919. The summed E-state index contributed by atoms with van der Waals surface area (Å²) in [5.41, 5.74) is 8.73. The second-order valence-electron chi connectivity index (χ2n) is 3.22. The van der Waals surface area contributed by atoms with Gasteiger partial charge in [-0.1, -0.05) is 0 Å². The van der Waals surface area contributed by atoms with Gasteiger partial charge in [0, 0.05) is 18.3 Å². The molecule has 0 radical (unpaired) electrons. The number of nitrogens with two attached hydrogens (primary N) is 1. The molecule has 0 amide bonds. The molecule has 2 rings (SSSR count). The van der Waals surface area contributed by atoms with E-state index in [0.29, 0.717) is 6.42 Å². The minimum Gasteiger partial charge on any atom is -0.322 e. The molecule has 2 aromatic heterocycles. The molecule has 0 aromatic carbocycles. The molecule has 0 saturated carbocycles. The van der Waals surface area contributed by atoms with Crippen LogP contribution in [0.25, 0.3) is 0 Å². The fourth-order valence-electron chi connectivity index (χ4n) is 1.42. The molecule has 0 bridgehead atoms. The first kappa shape index (κ1) is 10.3. The first-order valence-electron chi connectivity index (χ1n) is 4.81. The van der Waals surface area contributed by atoms with Crippen LogP contribution in [0.5, 0.6) is 0 Å². The summed E-state index contributed by atoms with van der Waals surface area (Å²) in [6.07, 6.45) is 2.24. The van der Waals surface area contributed by atoms with Gasteiger partial charge in [-0.2, -0.15) is 5.10 Å². The van der Waals surface area contributed by atoms with Gasteiger partial charge in [-0.3, -0.25) is 4.68 Å². The standard InChI is InChI=1S/C9H13N5S/c1-2-14-9(11-5-13-14)3-7(10)8-4-15-6-12-8/h4-7H,2-3,10H2,1H3. The Morgan fingerprint density at radius 3 is 3.07 bits per heavy atom. The van der Waals surface area contributed by atoms with E-state index in [1.807, 2.05) is 17.0 Å². The van der Waals surface area contributed by atoms with E-state index in [2.05, 4.69) is 15.1 Å². The number of nitrogens with zero attached hydrogens (tertiary/aromatic N) is 4. The third-order valence-corrected chi connectivity index (χ3v) is 2.83. The highest BCUT2D eigenvalue weighted by Gasteiger charge is 2.12. The average Bonchev–Trinajstić information content (AvgIpc) is 2.87. The summed E-state index contributed by atoms with van der Waals surface area (Å²) in [4.78, 5) is 8.37. The Morgan fingerprint density at radius 1 is 1.53 bits per heavy atom. The number of hydrogen-bond acceptors (Lipinski definition) is 5. The molecule has 2 aromatic rings. The molecule has 0 spiro atoms. The lowest BCUT2D eigenvalue weighted by atomic mass is 10.1. The number of aromatic nitrogens is 4. The summed E-state index contributed by atoms with van der Waals surface area (Å²) in [5, 5.41) is 6.07. The topological polar surface area (TPSA) is 69.6 Å². The quantitative estimate of drug-likeness (QED) is 0.839. The summed E-state index contributed by atoms with van der Waals surface area (Å²) in [6.45, 7) is 2.85. The average molecular weight is 223 g/mol. The van der Waals surface area contributed by atoms with Crippen LogP contribution in [0, 0.1) is 0 Å². The fraction of sp³-hybridized carbons (Fsp3) is 0.444. The number of aryl methyl sites for hydroxylation is 1. The van der Waals surface area contributed by atoms with E-state index in [9.17, 15) is 0 Å². The molecule has 1 atom stereocenters. The van der Waals surface area contributed by atoms with Crippen LogP contribution in [-0.4, -0.2) is 19.7 Å². The zero-order chi connectivity index (χ0) is 10.7. The Kier molecular flexibility index (Phi) is 3.08. The molecule has 0 saturated heterocycles. The van der Waals surface area contributed by atoms with E-state index in [1.165, 1.54) is 0 Å². The summed E-state index contributed by atoms with van der Waals surface area (Å²) in [6, 6.07) is -0.0919. The van der Waals surface area contributed by atoms with Crippen LogP contribution in [0.4, 0.5) is 0 Å². The predicted molar refractivity (Wildman–Crippen MR) is 58.4 cm³/mol. The van der Waals surface area contributed by atoms with E-state index in [1.54, 1.807) is 23.2 Å². The Hall–Kier alpha value is -1.27. The summed E-state index contributed by atoms with van der Waals surface area (Å²) < 4.78 is 1.85. The highest BCUT2D eigenvalue weighted by atomic mass is 32.1. The van der Waals surface area contributed by atoms with Gasteiger partial charge in [-0.25, -0.2) is 9.97 Å². The van der Waals surface area contributed by atoms with E-state index < -0.39 is 0 Å². The van der Waals surface area contributed by atoms with Gasteiger partial charge in [-0.05, 0) is 6.92 Å². The third-order valence-electron chi connectivity index (χ3n) is 2.23. The van der Waals surface area contributed by atoms with Crippen LogP contribution < -0.4 is 5.73 Å². The van der Waals surface area contributed by atoms with Crippen LogP contribution in [-0.2, 0) is 13.0 Å². The Bertz CT molecular complexity index is 408. The fourth-order valence-corrected chi connectivity index (χ4v) is 2.04. The first-order chi connectivity index (χ1) is 7.31. The largest absolute Gasteiger partial charge is 0.322 e. The van der Waals surface area contributed by atoms with Gasteiger partial charge in [0.2, 0.25) is 0 Å². The van der Waals surface area contributed by atoms with Gasteiger partial charge < -0.3 is 5.73 Å². The van der Waals surface area contributed by atoms with Crippen LogP contribution in [0.2, 0.25) is 0 Å². The van der Waals surface area contributed by atoms with Crippen LogP contribution >= 0.6 is 11.3 Å². The molecule has 5 nitrogen and oxygen atoms in total. The van der Waals surface area contributed by atoms with Crippen molar-refractivity contribution in [1.29, 1.82) is 0 Å². The summed E-state index contributed by atoms with van der Waals surface area (Å²) >= 11 is 1.56. The molecule has 2 N–H and O–H groups in total. The Labute approximate surface area is 92.0 Å². The molecular weight excluding hydrogens is 210 g/mol. The smallest absolute Gasteiger partial charge is 0.138 e. The van der Waals surface area contributed by atoms with Gasteiger partial charge in [0.15, 0.2) is 0 Å². The Balaban J connectivity index is 2.09. The molecule has 80 valence electrons. The lowest BCUT2D eigenvalue weighted by molar-refractivity contribution is 0.577. The number of rotatable bonds is 4. The van der Waals surface area contributed by atoms with Crippen molar-refractivity contribution >= 4 is 11.3 Å². The van der Waals surface area contributed by atoms with Crippen LogP contribution in [0.1, 0.15) is 24.5 Å². The summed E-state index contributed by atoms with van der Waals surface area (Å²) in [7, 11) is 0. The maximum atomic E-state index is 6.02. The van der Waals surface area contributed by atoms with Gasteiger partial charge in [0.05, 0.1) is 17.2 Å². The van der Waals surface area contributed by atoms with Crippen molar-refractivity contribution in [1.82, 2.24) is 19.7 Å². The maximum Gasteiger partial charge on any atom is 0.138 e. The molecule has 0 fully saturated rings. The molecule has 0 aliphatic carbocycles. The number of thiazole rings is 1. The van der Waals surface area contributed by atoms with E-state index in [0.717, 1.165) is 18.1 Å². The van der Waals surface area contributed by atoms with Crippen molar-refractivity contribution in [3.05, 3.63) is 28.7 Å². The molecule has 1 unspecified atom stereocenters. The van der Waals surface area contributed by atoms with Crippen LogP contribution in [0.15, 0.2) is 17.2 Å². The SMILES string of the molecule is CCn1ncnc1CC(N)c1cscn1.